The predicted molar refractivity (Wildman–Crippen MR) is 73.6 cm³/mol. The highest BCUT2D eigenvalue weighted by Crippen LogP contribution is 2.19. The molecule has 18 heavy (non-hydrogen) atoms. The van der Waals surface area contributed by atoms with Crippen LogP contribution in [0.25, 0.3) is 5.69 Å². The summed E-state index contributed by atoms with van der Waals surface area (Å²) in [6.07, 6.45) is 3.03. The van der Waals surface area contributed by atoms with E-state index in [2.05, 4.69) is 17.2 Å². The molecular formula is C14H19N3O. The predicted octanol–water partition coefficient (Wildman–Crippen LogP) is 3.01. The number of anilines is 1. The van der Waals surface area contributed by atoms with Crippen molar-refractivity contribution in [2.24, 2.45) is 0 Å². The van der Waals surface area contributed by atoms with Crippen molar-refractivity contribution in [2.75, 3.05) is 19.0 Å². The molecule has 0 aliphatic rings. The Morgan fingerprint density at radius 3 is 2.61 bits per heavy atom. The first kappa shape index (κ1) is 12.5. The third kappa shape index (κ3) is 2.64. The first-order chi connectivity index (χ1) is 8.74. The molecule has 2 aromatic rings. The Morgan fingerprint density at radius 2 is 2.00 bits per heavy atom. The zero-order valence-electron chi connectivity index (χ0n) is 11.1. The van der Waals surface area contributed by atoms with E-state index in [-0.39, 0.29) is 0 Å². The number of nitrogens with one attached hydrogen (secondary N) is 1. The molecule has 0 aliphatic heterocycles. The van der Waals surface area contributed by atoms with E-state index in [0.717, 1.165) is 36.1 Å². The summed E-state index contributed by atoms with van der Waals surface area (Å²) >= 11 is 0. The van der Waals surface area contributed by atoms with Gasteiger partial charge in [-0.1, -0.05) is 6.92 Å². The molecule has 0 amide bonds. The van der Waals surface area contributed by atoms with E-state index in [1.165, 1.54) is 0 Å². The fourth-order valence-corrected chi connectivity index (χ4v) is 1.79. The van der Waals surface area contributed by atoms with Crippen LogP contribution in [0.2, 0.25) is 0 Å². The summed E-state index contributed by atoms with van der Waals surface area (Å²) in [5.41, 5.74) is 2.06. The summed E-state index contributed by atoms with van der Waals surface area (Å²) in [5, 5.41) is 3.08. The van der Waals surface area contributed by atoms with Crippen LogP contribution in [0.4, 0.5) is 5.95 Å². The quantitative estimate of drug-likeness (QED) is 0.880. The molecule has 1 N–H and O–H groups in total. The van der Waals surface area contributed by atoms with Crippen molar-refractivity contribution in [2.45, 2.75) is 20.3 Å². The van der Waals surface area contributed by atoms with Gasteiger partial charge >= 0.3 is 0 Å². The summed E-state index contributed by atoms with van der Waals surface area (Å²) in [5.74, 6) is 1.75. The molecule has 96 valence electrons. The molecule has 0 atom stereocenters. The van der Waals surface area contributed by atoms with Gasteiger partial charge in [-0.05, 0) is 37.6 Å². The van der Waals surface area contributed by atoms with Crippen molar-refractivity contribution in [1.29, 1.82) is 0 Å². The van der Waals surface area contributed by atoms with Crippen LogP contribution in [-0.4, -0.2) is 23.2 Å². The first-order valence-corrected chi connectivity index (χ1v) is 6.21. The van der Waals surface area contributed by atoms with Crippen LogP contribution in [0.5, 0.6) is 5.75 Å². The maximum atomic E-state index is 5.57. The second-order valence-electron chi connectivity index (χ2n) is 4.17. The maximum Gasteiger partial charge on any atom is 0.207 e. The van der Waals surface area contributed by atoms with Gasteiger partial charge in [0.05, 0.1) is 12.3 Å². The summed E-state index contributed by atoms with van der Waals surface area (Å²) in [6, 6.07) is 8.04. The van der Waals surface area contributed by atoms with Crippen molar-refractivity contribution in [3.8, 4) is 11.4 Å². The van der Waals surface area contributed by atoms with Crippen molar-refractivity contribution >= 4 is 5.95 Å². The van der Waals surface area contributed by atoms with Crippen molar-refractivity contribution in [3.63, 3.8) is 0 Å². The smallest absolute Gasteiger partial charge is 0.207 e. The van der Waals surface area contributed by atoms with Crippen LogP contribution in [-0.2, 0) is 0 Å². The normalized spacial score (nSPS) is 10.4. The van der Waals surface area contributed by atoms with Gasteiger partial charge in [0.2, 0.25) is 5.95 Å². The Kier molecular flexibility index (Phi) is 3.87. The van der Waals surface area contributed by atoms with Gasteiger partial charge in [-0.15, -0.1) is 0 Å². The number of aromatic nitrogens is 2. The topological polar surface area (TPSA) is 39.1 Å². The van der Waals surface area contributed by atoms with Crippen LogP contribution >= 0.6 is 0 Å². The Balaban J connectivity index is 2.22. The van der Waals surface area contributed by atoms with Crippen LogP contribution in [0, 0.1) is 6.92 Å². The number of ether oxygens (including phenoxy) is 1. The SMILES string of the molecule is CCCOc1ccc(-n2cc(C)nc2NC)cc1. The van der Waals surface area contributed by atoms with E-state index in [1.807, 2.05) is 49.0 Å². The molecule has 0 bridgehead atoms. The average Bonchev–Trinajstić information content (AvgIpc) is 2.78. The third-order valence-electron chi connectivity index (χ3n) is 2.64. The van der Waals surface area contributed by atoms with E-state index in [4.69, 9.17) is 4.74 Å². The van der Waals surface area contributed by atoms with E-state index in [9.17, 15) is 0 Å². The Morgan fingerprint density at radius 1 is 1.28 bits per heavy atom. The minimum Gasteiger partial charge on any atom is -0.494 e. The molecule has 0 fully saturated rings. The fraction of sp³-hybridized carbons (Fsp3) is 0.357. The molecule has 0 aliphatic carbocycles. The van der Waals surface area contributed by atoms with Gasteiger partial charge in [-0.2, -0.15) is 0 Å². The Bertz CT molecular complexity index is 502. The van der Waals surface area contributed by atoms with Crippen molar-refractivity contribution in [3.05, 3.63) is 36.2 Å². The molecule has 4 nitrogen and oxygen atoms in total. The van der Waals surface area contributed by atoms with E-state index in [1.54, 1.807) is 0 Å². The molecule has 0 spiro atoms. The lowest BCUT2D eigenvalue weighted by molar-refractivity contribution is 0.317. The van der Waals surface area contributed by atoms with Gasteiger partial charge in [-0.3, -0.25) is 4.57 Å². The standard InChI is InChI=1S/C14H19N3O/c1-4-9-18-13-7-5-12(6-8-13)17-10-11(2)16-14(17)15-3/h5-8,10H,4,9H2,1-3H3,(H,15,16). The number of rotatable bonds is 5. The average molecular weight is 245 g/mol. The van der Waals surface area contributed by atoms with Gasteiger partial charge in [-0.25, -0.2) is 4.98 Å². The van der Waals surface area contributed by atoms with E-state index < -0.39 is 0 Å². The number of aryl methyl sites for hydroxylation is 1. The van der Waals surface area contributed by atoms with Gasteiger partial charge in [0.15, 0.2) is 0 Å². The van der Waals surface area contributed by atoms with Crippen LogP contribution in [0.1, 0.15) is 19.0 Å². The molecule has 0 saturated heterocycles. The first-order valence-electron chi connectivity index (χ1n) is 6.21. The van der Waals surface area contributed by atoms with Gasteiger partial charge in [0.25, 0.3) is 0 Å². The summed E-state index contributed by atoms with van der Waals surface area (Å²) < 4.78 is 7.59. The van der Waals surface area contributed by atoms with Gasteiger partial charge < -0.3 is 10.1 Å². The summed E-state index contributed by atoms with van der Waals surface area (Å²) in [6.45, 7) is 4.84. The number of nitrogens with zero attached hydrogens (tertiary/aromatic N) is 2. The Labute approximate surface area is 108 Å². The molecule has 4 heteroatoms. The lowest BCUT2D eigenvalue weighted by Gasteiger charge is -2.08. The van der Waals surface area contributed by atoms with Crippen molar-refractivity contribution < 1.29 is 4.74 Å². The largest absolute Gasteiger partial charge is 0.494 e. The monoisotopic (exact) mass is 245 g/mol. The third-order valence-corrected chi connectivity index (χ3v) is 2.64. The lowest BCUT2D eigenvalue weighted by atomic mass is 10.3. The Hall–Kier alpha value is -1.97. The molecular weight excluding hydrogens is 226 g/mol. The van der Waals surface area contributed by atoms with E-state index >= 15 is 0 Å². The molecule has 1 aromatic carbocycles. The lowest BCUT2D eigenvalue weighted by Crippen LogP contribution is -2.00. The van der Waals surface area contributed by atoms with Crippen LogP contribution in [0.3, 0.4) is 0 Å². The number of hydrogen-bond donors (Lipinski definition) is 1. The van der Waals surface area contributed by atoms with Crippen LogP contribution < -0.4 is 10.1 Å². The van der Waals surface area contributed by atoms with Gasteiger partial charge in [0.1, 0.15) is 5.75 Å². The highest BCUT2D eigenvalue weighted by molar-refractivity contribution is 5.44. The molecule has 2 rings (SSSR count). The summed E-state index contributed by atoms with van der Waals surface area (Å²) in [7, 11) is 1.87. The zero-order valence-corrected chi connectivity index (χ0v) is 11.1. The van der Waals surface area contributed by atoms with Gasteiger partial charge in [0, 0.05) is 18.9 Å². The fourth-order valence-electron chi connectivity index (χ4n) is 1.79. The second kappa shape index (κ2) is 5.58. The number of hydrogen-bond acceptors (Lipinski definition) is 3. The molecule has 1 heterocycles. The summed E-state index contributed by atoms with van der Waals surface area (Å²) in [4.78, 5) is 4.40. The minimum atomic E-state index is 0.755. The number of benzene rings is 1. The maximum absolute atomic E-state index is 5.57. The number of imidazole rings is 1. The minimum absolute atomic E-state index is 0.755. The van der Waals surface area contributed by atoms with Crippen LogP contribution in [0.15, 0.2) is 30.5 Å². The molecule has 0 unspecified atom stereocenters. The second-order valence-corrected chi connectivity index (χ2v) is 4.17. The zero-order chi connectivity index (χ0) is 13.0. The highest BCUT2D eigenvalue weighted by atomic mass is 16.5. The molecule has 1 aromatic heterocycles. The van der Waals surface area contributed by atoms with E-state index in [0.29, 0.717) is 0 Å². The molecule has 0 radical (unpaired) electrons. The highest BCUT2D eigenvalue weighted by Gasteiger charge is 2.05. The van der Waals surface area contributed by atoms with Crippen molar-refractivity contribution in [1.82, 2.24) is 9.55 Å². The molecule has 0 saturated carbocycles.